The molecule has 0 spiro atoms. The fraction of sp³-hybridized carbons (Fsp3) is 0.909. The lowest BCUT2D eigenvalue weighted by molar-refractivity contribution is 0.133. The summed E-state index contributed by atoms with van der Waals surface area (Å²) in [5, 5.41) is 21.1. The lowest BCUT2D eigenvalue weighted by Crippen LogP contribution is -2.49. The molecule has 0 aromatic rings. The fourth-order valence-electron chi connectivity index (χ4n) is 2.36. The highest BCUT2D eigenvalue weighted by Crippen LogP contribution is 2.19. The molecule has 1 rings (SSSR count). The first-order valence-corrected chi connectivity index (χ1v) is 5.73. The van der Waals surface area contributed by atoms with Gasteiger partial charge < -0.3 is 10.4 Å². The summed E-state index contributed by atoms with van der Waals surface area (Å²) in [6.45, 7) is 5.74. The Bertz CT molecular complexity index is 200. The molecule has 86 valence electrons. The maximum Gasteiger partial charge on any atom is 0.0866 e. The molecule has 1 aliphatic rings. The van der Waals surface area contributed by atoms with Crippen molar-refractivity contribution in [3.8, 4) is 6.07 Å². The molecule has 4 heteroatoms. The van der Waals surface area contributed by atoms with Crippen LogP contribution in [0.15, 0.2) is 0 Å². The molecule has 0 saturated carbocycles. The van der Waals surface area contributed by atoms with Gasteiger partial charge in [-0.15, -0.1) is 0 Å². The van der Waals surface area contributed by atoms with E-state index in [1.54, 1.807) is 0 Å². The standard InChI is InChI=1S/C11H21N3O/c1-2-13-11-7-10(3-6-15)8-14(9-11)5-4-12/h10-11,13,15H,2-3,5-9H2,1H3. The van der Waals surface area contributed by atoms with Crippen molar-refractivity contribution in [1.29, 1.82) is 5.26 Å². The second-order valence-electron chi connectivity index (χ2n) is 4.22. The van der Waals surface area contributed by atoms with Crippen LogP contribution in [0.5, 0.6) is 0 Å². The van der Waals surface area contributed by atoms with Gasteiger partial charge in [-0.2, -0.15) is 5.26 Å². The SMILES string of the molecule is CCNC1CC(CCO)CN(CC#N)C1. The molecule has 0 radical (unpaired) electrons. The van der Waals surface area contributed by atoms with Crippen LogP contribution in [0.25, 0.3) is 0 Å². The van der Waals surface area contributed by atoms with E-state index in [0.29, 0.717) is 18.5 Å². The molecule has 15 heavy (non-hydrogen) atoms. The summed E-state index contributed by atoms with van der Waals surface area (Å²) in [7, 11) is 0. The summed E-state index contributed by atoms with van der Waals surface area (Å²) in [6, 6.07) is 2.68. The lowest BCUT2D eigenvalue weighted by Gasteiger charge is -2.36. The number of hydrogen-bond donors (Lipinski definition) is 2. The third-order valence-electron chi connectivity index (χ3n) is 2.94. The minimum absolute atomic E-state index is 0.254. The molecule has 1 heterocycles. The molecule has 1 fully saturated rings. The number of nitrogens with one attached hydrogen (secondary N) is 1. The quantitative estimate of drug-likeness (QED) is 0.637. The Balaban J connectivity index is 2.44. The normalized spacial score (nSPS) is 27.5. The van der Waals surface area contributed by atoms with E-state index in [1.807, 2.05) is 0 Å². The van der Waals surface area contributed by atoms with Crippen molar-refractivity contribution >= 4 is 0 Å². The first-order chi connectivity index (χ1) is 7.30. The van der Waals surface area contributed by atoms with Crippen molar-refractivity contribution < 1.29 is 5.11 Å². The highest BCUT2D eigenvalue weighted by atomic mass is 16.3. The van der Waals surface area contributed by atoms with E-state index in [1.165, 1.54) is 0 Å². The smallest absolute Gasteiger partial charge is 0.0866 e. The van der Waals surface area contributed by atoms with Gasteiger partial charge in [-0.1, -0.05) is 6.92 Å². The van der Waals surface area contributed by atoms with Gasteiger partial charge in [-0.3, -0.25) is 4.90 Å². The van der Waals surface area contributed by atoms with Gasteiger partial charge in [0.15, 0.2) is 0 Å². The molecule has 0 aromatic heterocycles. The summed E-state index contributed by atoms with van der Waals surface area (Å²) in [4.78, 5) is 2.18. The highest BCUT2D eigenvalue weighted by Gasteiger charge is 2.25. The molecule has 1 aliphatic heterocycles. The van der Waals surface area contributed by atoms with Gasteiger partial charge in [0.1, 0.15) is 0 Å². The number of nitriles is 1. The van der Waals surface area contributed by atoms with Crippen LogP contribution in [0, 0.1) is 17.2 Å². The van der Waals surface area contributed by atoms with Crippen molar-refractivity contribution in [3.63, 3.8) is 0 Å². The minimum Gasteiger partial charge on any atom is -0.396 e. The van der Waals surface area contributed by atoms with Crippen LogP contribution in [0.2, 0.25) is 0 Å². The van der Waals surface area contributed by atoms with Crippen LogP contribution in [-0.2, 0) is 0 Å². The van der Waals surface area contributed by atoms with Gasteiger partial charge in [0, 0.05) is 25.7 Å². The largest absolute Gasteiger partial charge is 0.396 e. The highest BCUT2D eigenvalue weighted by molar-refractivity contribution is 4.87. The monoisotopic (exact) mass is 211 g/mol. The Labute approximate surface area is 91.9 Å². The van der Waals surface area contributed by atoms with E-state index in [9.17, 15) is 0 Å². The average molecular weight is 211 g/mol. The Morgan fingerprint density at radius 2 is 2.33 bits per heavy atom. The van der Waals surface area contributed by atoms with E-state index in [-0.39, 0.29) is 6.61 Å². The number of nitrogens with zero attached hydrogens (tertiary/aromatic N) is 2. The number of aliphatic hydroxyl groups excluding tert-OH is 1. The summed E-state index contributed by atoms with van der Waals surface area (Å²) in [5.74, 6) is 0.529. The number of likely N-dealkylation sites (tertiary alicyclic amines) is 1. The van der Waals surface area contributed by atoms with Crippen LogP contribution in [-0.4, -0.2) is 48.8 Å². The van der Waals surface area contributed by atoms with Crippen molar-refractivity contribution in [2.24, 2.45) is 5.92 Å². The summed E-state index contributed by atoms with van der Waals surface area (Å²) < 4.78 is 0. The summed E-state index contributed by atoms with van der Waals surface area (Å²) in [5.41, 5.74) is 0. The van der Waals surface area contributed by atoms with E-state index < -0.39 is 0 Å². The summed E-state index contributed by atoms with van der Waals surface area (Å²) in [6.07, 6.45) is 1.97. The van der Waals surface area contributed by atoms with Crippen molar-refractivity contribution in [3.05, 3.63) is 0 Å². The zero-order valence-corrected chi connectivity index (χ0v) is 9.45. The number of piperidine rings is 1. The van der Waals surface area contributed by atoms with Gasteiger partial charge in [0.25, 0.3) is 0 Å². The maximum absolute atomic E-state index is 8.95. The second-order valence-corrected chi connectivity index (χ2v) is 4.22. The van der Waals surface area contributed by atoms with Gasteiger partial charge in [-0.25, -0.2) is 0 Å². The van der Waals surface area contributed by atoms with Crippen LogP contribution >= 0.6 is 0 Å². The maximum atomic E-state index is 8.95. The van der Waals surface area contributed by atoms with Crippen LogP contribution < -0.4 is 5.32 Å². The molecular weight excluding hydrogens is 190 g/mol. The van der Waals surface area contributed by atoms with Crippen LogP contribution in [0.4, 0.5) is 0 Å². The summed E-state index contributed by atoms with van der Waals surface area (Å²) >= 11 is 0. The third-order valence-corrected chi connectivity index (χ3v) is 2.94. The molecular formula is C11H21N3O. The zero-order chi connectivity index (χ0) is 11.1. The zero-order valence-electron chi connectivity index (χ0n) is 9.45. The number of hydrogen-bond acceptors (Lipinski definition) is 4. The van der Waals surface area contributed by atoms with Crippen LogP contribution in [0.3, 0.4) is 0 Å². The van der Waals surface area contributed by atoms with Crippen molar-refractivity contribution in [1.82, 2.24) is 10.2 Å². The van der Waals surface area contributed by atoms with Gasteiger partial charge in [0.05, 0.1) is 12.6 Å². The Morgan fingerprint density at radius 1 is 1.53 bits per heavy atom. The first-order valence-electron chi connectivity index (χ1n) is 5.73. The first kappa shape index (κ1) is 12.4. The Morgan fingerprint density at radius 3 is 2.93 bits per heavy atom. The molecule has 2 unspecified atom stereocenters. The van der Waals surface area contributed by atoms with Gasteiger partial charge >= 0.3 is 0 Å². The molecule has 0 aliphatic carbocycles. The van der Waals surface area contributed by atoms with Crippen LogP contribution in [0.1, 0.15) is 19.8 Å². The Hall–Kier alpha value is -0.630. The molecule has 0 aromatic carbocycles. The minimum atomic E-state index is 0.254. The third kappa shape index (κ3) is 4.17. The lowest BCUT2D eigenvalue weighted by atomic mass is 9.92. The van der Waals surface area contributed by atoms with Gasteiger partial charge in [0.2, 0.25) is 0 Å². The number of aliphatic hydroxyl groups is 1. The topological polar surface area (TPSA) is 59.3 Å². The number of likely N-dealkylation sites (N-methyl/N-ethyl adjacent to an activating group) is 1. The van der Waals surface area contributed by atoms with Crippen molar-refractivity contribution in [2.75, 3.05) is 32.8 Å². The van der Waals surface area contributed by atoms with Crippen molar-refractivity contribution in [2.45, 2.75) is 25.8 Å². The molecule has 0 bridgehead atoms. The molecule has 2 N–H and O–H groups in total. The molecule has 2 atom stereocenters. The second kappa shape index (κ2) is 6.78. The van der Waals surface area contributed by atoms with E-state index in [0.717, 1.165) is 32.5 Å². The van der Waals surface area contributed by atoms with E-state index in [2.05, 4.69) is 23.2 Å². The van der Waals surface area contributed by atoms with Gasteiger partial charge in [-0.05, 0) is 25.3 Å². The van der Waals surface area contributed by atoms with E-state index in [4.69, 9.17) is 10.4 Å². The predicted octanol–water partition coefficient (Wildman–Crippen LogP) is 0.192. The molecule has 4 nitrogen and oxygen atoms in total. The average Bonchev–Trinajstić information content (AvgIpc) is 2.19. The number of rotatable bonds is 5. The molecule has 0 amide bonds. The fourth-order valence-corrected chi connectivity index (χ4v) is 2.36. The predicted molar refractivity (Wildman–Crippen MR) is 59.3 cm³/mol. The molecule has 1 saturated heterocycles. The van der Waals surface area contributed by atoms with E-state index >= 15 is 0 Å². The Kier molecular flexibility index (Phi) is 5.62.